The van der Waals surface area contributed by atoms with Crippen molar-refractivity contribution in [1.29, 1.82) is 0 Å². The maximum absolute atomic E-state index is 5.45. The topological polar surface area (TPSA) is 62.3 Å². The van der Waals surface area contributed by atoms with Gasteiger partial charge in [0.2, 0.25) is 5.95 Å². The molecule has 0 unspecified atom stereocenters. The first-order valence-corrected chi connectivity index (χ1v) is 8.31. The van der Waals surface area contributed by atoms with Crippen LogP contribution in [0.5, 0.6) is 0 Å². The first-order chi connectivity index (χ1) is 11.5. The van der Waals surface area contributed by atoms with Crippen LogP contribution in [0.15, 0.2) is 36.5 Å². The Hall–Kier alpha value is -2.34. The molecule has 6 nitrogen and oxygen atoms in total. The Kier molecular flexibility index (Phi) is 4.85. The molecule has 0 spiro atoms. The van der Waals surface area contributed by atoms with Gasteiger partial charge in [0.15, 0.2) is 0 Å². The molecule has 0 amide bonds. The van der Waals surface area contributed by atoms with Crippen LogP contribution in [0.1, 0.15) is 20.8 Å². The lowest BCUT2D eigenvalue weighted by Crippen LogP contribution is -2.36. The van der Waals surface area contributed by atoms with Crippen LogP contribution < -0.4 is 15.5 Å². The second kappa shape index (κ2) is 7.05. The lowest BCUT2D eigenvalue weighted by Gasteiger charge is -2.30. The number of hydrogen-bond donors (Lipinski definition) is 2. The third-order valence-electron chi connectivity index (χ3n) is 3.66. The lowest BCUT2D eigenvalue weighted by molar-refractivity contribution is 0.123. The van der Waals surface area contributed by atoms with E-state index in [2.05, 4.69) is 64.5 Å². The third kappa shape index (κ3) is 4.35. The number of para-hydroxylation sites is 2. The fraction of sp³-hybridized carbons (Fsp3) is 0.444. The van der Waals surface area contributed by atoms with Crippen molar-refractivity contribution in [2.45, 2.75) is 26.3 Å². The molecule has 2 aromatic rings. The van der Waals surface area contributed by atoms with Gasteiger partial charge in [-0.15, -0.1) is 0 Å². The summed E-state index contributed by atoms with van der Waals surface area (Å²) in [6, 6.07) is 10.2. The van der Waals surface area contributed by atoms with Crippen molar-refractivity contribution in [3.63, 3.8) is 0 Å². The summed E-state index contributed by atoms with van der Waals surface area (Å²) in [4.78, 5) is 11.2. The number of nitrogens with one attached hydrogen (secondary N) is 2. The molecule has 0 aliphatic carbocycles. The summed E-state index contributed by atoms with van der Waals surface area (Å²) >= 11 is 0. The molecule has 2 N–H and O–H groups in total. The van der Waals surface area contributed by atoms with Gasteiger partial charge < -0.3 is 20.3 Å². The molecular formula is C18H25N5O. The summed E-state index contributed by atoms with van der Waals surface area (Å²) in [7, 11) is 0. The molecular weight excluding hydrogens is 302 g/mol. The fourth-order valence-electron chi connectivity index (χ4n) is 2.62. The van der Waals surface area contributed by atoms with Gasteiger partial charge in [0.25, 0.3) is 0 Å². The molecule has 0 bridgehead atoms. The van der Waals surface area contributed by atoms with Crippen LogP contribution in [-0.2, 0) is 4.74 Å². The SMILES string of the molecule is CC(C)(C)Nc1nccc(Nc2ccccc2N2CCOCC2)n1. The van der Waals surface area contributed by atoms with Crippen LogP contribution in [-0.4, -0.2) is 41.8 Å². The number of benzene rings is 1. The Labute approximate surface area is 143 Å². The van der Waals surface area contributed by atoms with Gasteiger partial charge in [-0.05, 0) is 39.0 Å². The molecule has 1 fully saturated rings. The zero-order valence-electron chi connectivity index (χ0n) is 14.5. The minimum atomic E-state index is -0.0790. The van der Waals surface area contributed by atoms with Crippen LogP contribution in [0, 0.1) is 0 Å². The quantitative estimate of drug-likeness (QED) is 0.899. The molecule has 3 rings (SSSR count). The van der Waals surface area contributed by atoms with E-state index in [-0.39, 0.29) is 5.54 Å². The van der Waals surface area contributed by atoms with E-state index in [1.54, 1.807) is 6.20 Å². The van der Waals surface area contributed by atoms with E-state index in [1.807, 2.05) is 12.1 Å². The van der Waals surface area contributed by atoms with Gasteiger partial charge in [0.1, 0.15) is 5.82 Å². The number of nitrogens with zero attached hydrogens (tertiary/aromatic N) is 3. The normalized spacial score (nSPS) is 15.2. The maximum atomic E-state index is 5.45. The molecule has 1 aromatic heterocycles. The number of rotatable bonds is 4. The van der Waals surface area contributed by atoms with Gasteiger partial charge in [-0.2, -0.15) is 4.98 Å². The first kappa shape index (κ1) is 16.5. The van der Waals surface area contributed by atoms with Crippen molar-refractivity contribution in [3.05, 3.63) is 36.5 Å². The average Bonchev–Trinajstić information content (AvgIpc) is 2.55. The first-order valence-electron chi connectivity index (χ1n) is 8.31. The monoisotopic (exact) mass is 327 g/mol. The Balaban J connectivity index is 1.80. The molecule has 1 aromatic carbocycles. The van der Waals surface area contributed by atoms with Gasteiger partial charge in [-0.3, -0.25) is 0 Å². The minimum Gasteiger partial charge on any atom is -0.378 e. The number of ether oxygens (including phenoxy) is 1. The summed E-state index contributed by atoms with van der Waals surface area (Å²) in [5, 5.41) is 6.72. The van der Waals surface area contributed by atoms with Gasteiger partial charge in [0, 0.05) is 24.8 Å². The molecule has 6 heteroatoms. The Morgan fingerprint density at radius 2 is 1.83 bits per heavy atom. The van der Waals surface area contributed by atoms with Crippen molar-refractivity contribution in [2.75, 3.05) is 41.8 Å². The zero-order chi connectivity index (χ0) is 17.0. The second-order valence-electron chi connectivity index (χ2n) is 6.88. The van der Waals surface area contributed by atoms with E-state index >= 15 is 0 Å². The summed E-state index contributed by atoms with van der Waals surface area (Å²) in [6.07, 6.45) is 1.76. The highest BCUT2D eigenvalue weighted by Gasteiger charge is 2.15. The molecule has 128 valence electrons. The highest BCUT2D eigenvalue weighted by molar-refractivity contribution is 5.74. The largest absolute Gasteiger partial charge is 0.378 e. The van der Waals surface area contributed by atoms with Crippen molar-refractivity contribution in [2.24, 2.45) is 0 Å². The summed E-state index contributed by atoms with van der Waals surface area (Å²) in [6.45, 7) is 9.60. The molecule has 1 aliphatic heterocycles. The van der Waals surface area contributed by atoms with E-state index in [9.17, 15) is 0 Å². The van der Waals surface area contributed by atoms with Crippen molar-refractivity contribution in [3.8, 4) is 0 Å². The van der Waals surface area contributed by atoms with Crippen molar-refractivity contribution >= 4 is 23.1 Å². The highest BCUT2D eigenvalue weighted by atomic mass is 16.5. The summed E-state index contributed by atoms with van der Waals surface area (Å²) < 4.78 is 5.45. The average molecular weight is 327 g/mol. The van der Waals surface area contributed by atoms with Gasteiger partial charge >= 0.3 is 0 Å². The predicted octanol–water partition coefficient (Wildman–Crippen LogP) is 3.27. The summed E-state index contributed by atoms with van der Waals surface area (Å²) in [5.41, 5.74) is 2.13. The number of aromatic nitrogens is 2. The van der Waals surface area contributed by atoms with Crippen LogP contribution in [0.4, 0.5) is 23.1 Å². The zero-order valence-corrected chi connectivity index (χ0v) is 14.5. The Bertz CT molecular complexity index is 677. The smallest absolute Gasteiger partial charge is 0.225 e. The summed E-state index contributed by atoms with van der Waals surface area (Å²) in [5.74, 6) is 1.40. The molecule has 0 saturated carbocycles. The Morgan fingerprint density at radius 3 is 2.58 bits per heavy atom. The standard InChI is InChI=1S/C18H25N5O/c1-18(2,3)22-17-19-9-8-16(21-17)20-14-6-4-5-7-15(14)23-10-12-24-13-11-23/h4-9H,10-13H2,1-3H3,(H2,19,20,21,22). The van der Waals surface area contributed by atoms with Gasteiger partial charge in [-0.1, -0.05) is 12.1 Å². The molecule has 1 aliphatic rings. The van der Waals surface area contributed by atoms with E-state index in [0.29, 0.717) is 5.95 Å². The third-order valence-corrected chi connectivity index (χ3v) is 3.66. The molecule has 24 heavy (non-hydrogen) atoms. The second-order valence-corrected chi connectivity index (χ2v) is 6.88. The fourth-order valence-corrected chi connectivity index (χ4v) is 2.62. The predicted molar refractivity (Wildman–Crippen MR) is 98.2 cm³/mol. The van der Waals surface area contributed by atoms with Crippen LogP contribution in [0.3, 0.4) is 0 Å². The highest BCUT2D eigenvalue weighted by Crippen LogP contribution is 2.28. The lowest BCUT2D eigenvalue weighted by atomic mass is 10.1. The van der Waals surface area contributed by atoms with Crippen LogP contribution >= 0.6 is 0 Å². The molecule has 0 atom stereocenters. The maximum Gasteiger partial charge on any atom is 0.225 e. The van der Waals surface area contributed by atoms with Crippen molar-refractivity contribution < 1.29 is 4.74 Å². The molecule has 1 saturated heterocycles. The number of morpholine rings is 1. The van der Waals surface area contributed by atoms with E-state index in [1.165, 1.54) is 5.69 Å². The van der Waals surface area contributed by atoms with Crippen LogP contribution in [0.25, 0.3) is 0 Å². The van der Waals surface area contributed by atoms with E-state index in [4.69, 9.17) is 4.74 Å². The van der Waals surface area contributed by atoms with E-state index in [0.717, 1.165) is 37.8 Å². The van der Waals surface area contributed by atoms with E-state index < -0.39 is 0 Å². The van der Waals surface area contributed by atoms with Gasteiger partial charge in [-0.25, -0.2) is 4.98 Å². The Morgan fingerprint density at radius 1 is 1.08 bits per heavy atom. The van der Waals surface area contributed by atoms with Crippen LogP contribution in [0.2, 0.25) is 0 Å². The minimum absolute atomic E-state index is 0.0790. The van der Waals surface area contributed by atoms with Gasteiger partial charge in [0.05, 0.1) is 24.6 Å². The molecule has 0 radical (unpaired) electrons. The van der Waals surface area contributed by atoms with Crippen molar-refractivity contribution in [1.82, 2.24) is 9.97 Å². The molecule has 2 heterocycles. The number of anilines is 4. The number of hydrogen-bond acceptors (Lipinski definition) is 6.